The minimum atomic E-state index is -0.156. The van der Waals surface area contributed by atoms with Crippen molar-refractivity contribution in [3.63, 3.8) is 0 Å². The van der Waals surface area contributed by atoms with Crippen molar-refractivity contribution in [2.24, 2.45) is 5.92 Å². The molecule has 1 rings (SSSR count). The van der Waals surface area contributed by atoms with E-state index in [9.17, 15) is 4.79 Å². The number of carbonyl (C=O) groups excluding carboxylic acids is 1. The molecular formula is C15H29BrLiNO3. The van der Waals surface area contributed by atoms with Crippen LogP contribution in [0, 0.1) is 5.92 Å². The maximum atomic E-state index is 11.3. The van der Waals surface area contributed by atoms with E-state index in [4.69, 9.17) is 9.47 Å². The van der Waals surface area contributed by atoms with Gasteiger partial charge < -0.3 is 14.8 Å². The molecule has 1 saturated heterocycles. The molecule has 0 radical (unpaired) electrons. The summed E-state index contributed by atoms with van der Waals surface area (Å²) in [6.07, 6.45) is 1.88. The maximum absolute atomic E-state index is 11.3. The maximum Gasteiger partial charge on any atom is 1.00 e. The zero-order valence-corrected chi connectivity index (χ0v) is 16.0. The molecule has 0 N–H and O–H groups in total. The summed E-state index contributed by atoms with van der Waals surface area (Å²) in [6, 6.07) is 1.000. The predicted octanol–water partition coefficient (Wildman–Crippen LogP) is 0.921. The smallest absolute Gasteiger partial charge is 0.658 e. The van der Waals surface area contributed by atoms with E-state index < -0.39 is 0 Å². The van der Waals surface area contributed by atoms with Crippen molar-refractivity contribution in [3.05, 3.63) is 5.32 Å². The van der Waals surface area contributed by atoms with Crippen molar-refractivity contribution in [3.8, 4) is 0 Å². The van der Waals surface area contributed by atoms with Gasteiger partial charge in [-0.25, -0.2) is 0 Å². The first kappa shape index (κ1) is 23.7. The van der Waals surface area contributed by atoms with Crippen LogP contribution in [0.15, 0.2) is 0 Å². The summed E-state index contributed by atoms with van der Waals surface area (Å²) in [5.41, 5.74) is 0. The first-order valence-electron chi connectivity index (χ1n) is 7.46. The molecule has 21 heavy (non-hydrogen) atoms. The summed E-state index contributed by atoms with van der Waals surface area (Å²) < 4.78 is 10.1. The molecule has 0 spiro atoms. The second kappa shape index (κ2) is 14.1. The minimum Gasteiger partial charge on any atom is -0.658 e. The van der Waals surface area contributed by atoms with Gasteiger partial charge in [0.05, 0.1) is 6.61 Å². The first-order chi connectivity index (χ1) is 9.38. The summed E-state index contributed by atoms with van der Waals surface area (Å²) in [6.45, 7) is 12.2. The van der Waals surface area contributed by atoms with E-state index in [1.807, 2.05) is 6.92 Å². The molecule has 1 atom stereocenters. The van der Waals surface area contributed by atoms with Gasteiger partial charge in [-0.1, -0.05) is 43.6 Å². The van der Waals surface area contributed by atoms with Crippen LogP contribution in [0.2, 0.25) is 0 Å². The van der Waals surface area contributed by atoms with Crippen molar-refractivity contribution in [1.82, 2.24) is 0 Å². The van der Waals surface area contributed by atoms with Gasteiger partial charge in [0.15, 0.2) is 0 Å². The number of esters is 1. The second-order valence-corrected chi connectivity index (χ2v) is 6.43. The van der Waals surface area contributed by atoms with Gasteiger partial charge in [0.25, 0.3) is 0 Å². The molecule has 0 aromatic carbocycles. The molecule has 1 aliphatic rings. The molecule has 1 unspecified atom stereocenters. The van der Waals surface area contributed by atoms with Crippen molar-refractivity contribution < 1.29 is 33.1 Å². The molecule has 0 amide bonds. The summed E-state index contributed by atoms with van der Waals surface area (Å²) in [5.74, 6) is 0.224. The SMILES string of the molecule is CC(C)[N-]C(C)C.CCOC(=O)C(Br)C1CCOCC1.[Li+]. The average Bonchev–Trinajstić information content (AvgIpc) is 2.38. The van der Waals surface area contributed by atoms with Gasteiger partial charge in [-0.3, -0.25) is 4.79 Å². The number of halogens is 1. The number of alkyl halides is 1. The molecule has 0 bridgehead atoms. The average molecular weight is 358 g/mol. The molecule has 4 nitrogen and oxygen atoms in total. The third-order valence-corrected chi connectivity index (χ3v) is 3.91. The molecule has 6 heteroatoms. The fraction of sp³-hybridized carbons (Fsp3) is 0.933. The van der Waals surface area contributed by atoms with Crippen LogP contribution < -0.4 is 18.9 Å². The molecule has 120 valence electrons. The number of ether oxygens (including phenoxy) is 2. The molecule has 0 aromatic heterocycles. The van der Waals surface area contributed by atoms with Crippen LogP contribution in [0.5, 0.6) is 0 Å². The summed E-state index contributed by atoms with van der Waals surface area (Å²) in [5, 5.41) is 4.28. The van der Waals surface area contributed by atoms with Gasteiger partial charge in [-0.05, 0) is 25.7 Å². The number of rotatable bonds is 5. The fourth-order valence-corrected chi connectivity index (χ4v) is 2.68. The molecule has 1 heterocycles. The molecule has 0 aliphatic carbocycles. The number of carbonyl (C=O) groups is 1. The summed E-state index contributed by atoms with van der Waals surface area (Å²) in [4.78, 5) is 11.2. The molecule has 0 aromatic rings. The standard InChI is InChI=1S/C9H15BrO3.C6H14N.Li/c1-2-13-9(11)8(10)7-3-5-12-6-4-7;1-5(2)7-6(3)4;/h7-8H,2-6H2,1H3;5-6H,1-4H3;/q;-1;+1. The Balaban J connectivity index is 0. The first-order valence-corrected chi connectivity index (χ1v) is 8.38. The van der Waals surface area contributed by atoms with Crippen LogP contribution in [0.3, 0.4) is 0 Å². The van der Waals surface area contributed by atoms with E-state index in [0.29, 0.717) is 24.6 Å². The van der Waals surface area contributed by atoms with Gasteiger partial charge in [0, 0.05) is 13.2 Å². The third-order valence-electron chi connectivity index (χ3n) is 2.79. The summed E-state index contributed by atoms with van der Waals surface area (Å²) >= 11 is 3.38. The number of nitrogens with zero attached hydrogens (tertiary/aromatic N) is 1. The van der Waals surface area contributed by atoms with Crippen LogP contribution in [0.25, 0.3) is 5.32 Å². The van der Waals surface area contributed by atoms with Crippen LogP contribution in [-0.4, -0.2) is 42.7 Å². The zero-order valence-electron chi connectivity index (χ0n) is 14.4. The quantitative estimate of drug-likeness (QED) is 0.417. The van der Waals surface area contributed by atoms with E-state index in [1.165, 1.54) is 0 Å². The van der Waals surface area contributed by atoms with Gasteiger partial charge in [-0.15, -0.1) is 12.1 Å². The van der Waals surface area contributed by atoms with Gasteiger partial charge >= 0.3 is 24.8 Å². The van der Waals surface area contributed by atoms with Crippen molar-refractivity contribution in [1.29, 1.82) is 0 Å². The van der Waals surface area contributed by atoms with Crippen LogP contribution >= 0.6 is 15.9 Å². The largest absolute Gasteiger partial charge is 1.00 e. The van der Waals surface area contributed by atoms with E-state index in [-0.39, 0.29) is 29.7 Å². The molecule has 0 saturated carbocycles. The van der Waals surface area contributed by atoms with Gasteiger partial charge in [0.1, 0.15) is 4.83 Å². The zero-order chi connectivity index (χ0) is 15.5. The third kappa shape index (κ3) is 12.7. The van der Waals surface area contributed by atoms with E-state index in [1.54, 1.807) is 0 Å². The van der Waals surface area contributed by atoms with Crippen LogP contribution in [0.1, 0.15) is 47.5 Å². The number of hydrogen-bond acceptors (Lipinski definition) is 3. The minimum absolute atomic E-state index is 0. The Kier molecular flexibility index (Phi) is 15.9. The fourth-order valence-electron chi connectivity index (χ4n) is 2.02. The summed E-state index contributed by atoms with van der Waals surface area (Å²) in [7, 11) is 0. The monoisotopic (exact) mass is 357 g/mol. The van der Waals surface area contributed by atoms with E-state index in [2.05, 4.69) is 48.9 Å². The van der Waals surface area contributed by atoms with E-state index >= 15 is 0 Å². The van der Waals surface area contributed by atoms with Crippen LogP contribution in [-0.2, 0) is 14.3 Å². The molecular weight excluding hydrogens is 329 g/mol. The Labute approximate surface area is 150 Å². The van der Waals surface area contributed by atoms with E-state index in [0.717, 1.165) is 26.1 Å². The topological polar surface area (TPSA) is 49.6 Å². The van der Waals surface area contributed by atoms with Gasteiger partial charge in [-0.2, -0.15) is 0 Å². The number of hydrogen-bond donors (Lipinski definition) is 0. The Morgan fingerprint density at radius 2 is 1.71 bits per heavy atom. The second-order valence-electron chi connectivity index (χ2n) is 5.44. The molecule has 1 fully saturated rings. The normalized spacial score (nSPS) is 16.8. The Hall–Kier alpha value is 0.467. The van der Waals surface area contributed by atoms with Gasteiger partial charge in [0.2, 0.25) is 0 Å². The van der Waals surface area contributed by atoms with Crippen molar-refractivity contribution >= 4 is 21.9 Å². The van der Waals surface area contributed by atoms with Crippen LogP contribution in [0.4, 0.5) is 0 Å². The van der Waals surface area contributed by atoms with Crippen molar-refractivity contribution in [2.45, 2.75) is 64.4 Å². The Bertz CT molecular complexity index is 253. The van der Waals surface area contributed by atoms with Crippen molar-refractivity contribution in [2.75, 3.05) is 19.8 Å². The Morgan fingerprint density at radius 1 is 1.24 bits per heavy atom. The predicted molar refractivity (Wildman–Crippen MR) is 86.5 cm³/mol. The Morgan fingerprint density at radius 3 is 2.05 bits per heavy atom. The molecule has 1 aliphatic heterocycles.